The van der Waals surface area contributed by atoms with E-state index in [0.717, 1.165) is 5.82 Å². The van der Waals surface area contributed by atoms with Crippen LogP contribution in [0.1, 0.15) is 58.1 Å². The van der Waals surface area contributed by atoms with Gasteiger partial charge >= 0.3 is 5.97 Å². The van der Waals surface area contributed by atoms with Crippen LogP contribution in [0.2, 0.25) is 0 Å². The maximum absolute atomic E-state index is 12.0. The third-order valence-corrected chi connectivity index (χ3v) is 2.81. The van der Waals surface area contributed by atoms with Crippen molar-refractivity contribution < 1.29 is 9.53 Å². The molecule has 1 aromatic rings. The molecule has 0 radical (unpaired) electrons. The molecule has 0 N–H and O–H groups in total. The fraction of sp³-hybridized carbons (Fsp3) is 0.769. The SMILES string of the molecule is CCOC(=O)C(c1nc(C(C)C)nn1C)C(C)C. The van der Waals surface area contributed by atoms with Crippen molar-refractivity contribution in [1.82, 2.24) is 14.8 Å². The molecule has 1 aromatic heterocycles. The first kappa shape index (κ1) is 14.7. The smallest absolute Gasteiger partial charge is 0.316 e. The predicted molar refractivity (Wildman–Crippen MR) is 69.3 cm³/mol. The minimum atomic E-state index is -0.352. The number of aryl methyl sites for hydroxylation is 1. The first-order valence-corrected chi connectivity index (χ1v) is 6.45. The molecule has 0 aliphatic rings. The van der Waals surface area contributed by atoms with Crippen LogP contribution in [0.4, 0.5) is 0 Å². The lowest BCUT2D eigenvalue weighted by Gasteiger charge is -2.17. The van der Waals surface area contributed by atoms with Gasteiger partial charge in [0.05, 0.1) is 6.61 Å². The van der Waals surface area contributed by atoms with Crippen LogP contribution in [-0.4, -0.2) is 27.3 Å². The van der Waals surface area contributed by atoms with Crippen molar-refractivity contribution in [2.45, 2.75) is 46.5 Å². The van der Waals surface area contributed by atoms with Crippen molar-refractivity contribution in [1.29, 1.82) is 0 Å². The summed E-state index contributed by atoms with van der Waals surface area (Å²) in [6, 6.07) is 0. The Balaban J connectivity index is 3.10. The molecule has 0 amide bonds. The highest BCUT2D eigenvalue weighted by molar-refractivity contribution is 5.77. The predicted octanol–water partition coefficient (Wildman–Crippen LogP) is 2.24. The Bertz CT molecular complexity index is 410. The second-order valence-corrected chi connectivity index (χ2v) is 5.08. The molecule has 0 aliphatic heterocycles. The molecule has 0 saturated heterocycles. The fourth-order valence-electron chi connectivity index (χ4n) is 1.84. The molecule has 18 heavy (non-hydrogen) atoms. The van der Waals surface area contributed by atoms with Crippen molar-refractivity contribution >= 4 is 5.97 Å². The largest absolute Gasteiger partial charge is 0.465 e. The average molecular weight is 253 g/mol. The third-order valence-electron chi connectivity index (χ3n) is 2.81. The summed E-state index contributed by atoms with van der Waals surface area (Å²) in [4.78, 5) is 16.5. The highest BCUT2D eigenvalue weighted by Crippen LogP contribution is 2.25. The zero-order valence-corrected chi connectivity index (χ0v) is 12.1. The van der Waals surface area contributed by atoms with Crippen molar-refractivity contribution in [3.8, 4) is 0 Å². The lowest BCUT2D eigenvalue weighted by Crippen LogP contribution is -2.24. The number of esters is 1. The van der Waals surface area contributed by atoms with E-state index in [9.17, 15) is 4.79 Å². The normalized spacial score (nSPS) is 13.1. The summed E-state index contributed by atoms with van der Waals surface area (Å²) in [5.41, 5.74) is 0. The van der Waals surface area contributed by atoms with Crippen LogP contribution >= 0.6 is 0 Å². The van der Waals surface area contributed by atoms with Gasteiger partial charge in [0.1, 0.15) is 11.7 Å². The van der Waals surface area contributed by atoms with E-state index in [1.807, 2.05) is 41.7 Å². The first-order valence-electron chi connectivity index (χ1n) is 6.45. The molecule has 0 fully saturated rings. The van der Waals surface area contributed by atoms with Gasteiger partial charge in [-0.2, -0.15) is 5.10 Å². The summed E-state index contributed by atoms with van der Waals surface area (Å²) in [5.74, 6) is 1.26. The lowest BCUT2D eigenvalue weighted by molar-refractivity contribution is -0.146. The molecule has 0 aliphatic carbocycles. The van der Waals surface area contributed by atoms with Gasteiger partial charge in [-0.25, -0.2) is 4.98 Å². The van der Waals surface area contributed by atoms with Gasteiger partial charge in [-0.1, -0.05) is 27.7 Å². The van der Waals surface area contributed by atoms with E-state index < -0.39 is 0 Å². The van der Waals surface area contributed by atoms with Crippen LogP contribution in [0.25, 0.3) is 0 Å². The van der Waals surface area contributed by atoms with Crippen molar-refractivity contribution in [2.75, 3.05) is 6.61 Å². The minimum Gasteiger partial charge on any atom is -0.465 e. The van der Waals surface area contributed by atoms with E-state index in [2.05, 4.69) is 10.1 Å². The highest BCUT2D eigenvalue weighted by atomic mass is 16.5. The first-order chi connectivity index (χ1) is 8.38. The Hall–Kier alpha value is -1.39. The molecule has 0 aromatic carbocycles. The topological polar surface area (TPSA) is 57.0 Å². The van der Waals surface area contributed by atoms with Crippen molar-refractivity contribution in [3.05, 3.63) is 11.6 Å². The second-order valence-electron chi connectivity index (χ2n) is 5.08. The van der Waals surface area contributed by atoms with E-state index in [-0.39, 0.29) is 23.7 Å². The summed E-state index contributed by atoms with van der Waals surface area (Å²) in [7, 11) is 1.82. The minimum absolute atomic E-state index is 0.131. The van der Waals surface area contributed by atoms with Gasteiger partial charge in [0, 0.05) is 13.0 Å². The number of aromatic nitrogens is 3. The molecule has 1 heterocycles. The highest BCUT2D eigenvalue weighted by Gasteiger charge is 2.30. The molecule has 1 unspecified atom stereocenters. The Morgan fingerprint density at radius 2 is 1.94 bits per heavy atom. The molecule has 5 heteroatoms. The van der Waals surface area contributed by atoms with E-state index in [1.165, 1.54) is 0 Å². The molecule has 102 valence electrons. The van der Waals surface area contributed by atoms with E-state index in [4.69, 9.17) is 4.74 Å². The van der Waals surface area contributed by atoms with Gasteiger partial charge < -0.3 is 4.74 Å². The number of carbonyl (C=O) groups is 1. The molecular formula is C13H23N3O2. The quantitative estimate of drug-likeness (QED) is 0.755. The zero-order chi connectivity index (χ0) is 13.9. The third kappa shape index (κ3) is 3.09. The van der Waals surface area contributed by atoms with Crippen LogP contribution in [0.3, 0.4) is 0 Å². The molecule has 0 spiro atoms. The second kappa shape index (κ2) is 5.98. The molecule has 1 atom stereocenters. The van der Waals surface area contributed by atoms with Crippen LogP contribution in [0.5, 0.6) is 0 Å². The lowest BCUT2D eigenvalue weighted by atomic mass is 9.95. The number of hydrogen-bond donors (Lipinski definition) is 0. The maximum atomic E-state index is 12.0. The Morgan fingerprint density at radius 1 is 1.33 bits per heavy atom. The maximum Gasteiger partial charge on any atom is 0.316 e. The summed E-state index contributed by atoms with van der Waals surface area (Å²) in [6.07, 6.45) is 0. The molecule has 1 rings (SSSR count). The van der Waals surface area contributed by atoms with Crippen LogP contribution in [0, 0.1) is 5.92 Å². The number of hydrogen-bond acceptors (Lipinski definition) is 4. The van der Waals surface area contributed by atoms with Crippen LogP contribution < -0.4 is 0 Å². The van der Waals surface area contributed by atoms with Gasteiger partial charge in [-0.15, -0.1) is 0 Å². The number of carbonyl (C=O) groups excluding carboxylic acids is 1. The van der Waals surface area contributed by atoms with E-state index >= 15 is 0 Å². The zero-order valence-electron chi connectivity index (χ0n) is 12.1. The fourth-order valence-corrected chi connectivity index (χ4v) is 1.84. The van der Waals surface area contributed by atoms with E-state index in [0.29, 0.717) is 12.4 Å². The Kier molecular flexibility index (Phi) is 4.87. The Morgan fingerprint density at radius 3 is 2.33 bits per heavy atom. The van der Waals surface area contributed by atoms with Gasteiger partial charge in [0.2, 0.25) is 0 Å². The molecular weight excluding hydrogens is 230 g/mol. The average Bonchev–Trinajstić information content (AvgIpc) is 2.61. The van der Waals surface area contributed by atoms with Crippen molar-refractivity contribution in [3.63, 3.8) is 0 Å². The molecule has 5 nitrogen and oxygen atoms in total. The summed E-state index contributed by atoms with van der Waals surface area (Å²) in [5, 5.41) is 4.35. The summed E-state index contributed by atoms with van der Waals surface area (Å²) in [6.45, 7) is 10.3. The number of rotatable bonds is 5. The van der Waals surface area contributed by atoms with Gasteiger partial charge in [0.25, 0.3) is 0 Å². The van der Waals surface area contributed by atoms with Gasteiger partial charge in [-0.05, 0) is 12.8 Å². The van der Waals surface area contributed by atoms with Crippen LogP contribution in [0.15, 0.2) is 0 Å². The Labute approximate surface area is 109 Å². The monoisotopic (exact) mass is 253 g/mol. The number of ether oxygens (including phenoxy) is 1. The summed E-state index contributed by atoms with van der Waals surface area (Å²) >= 11 is 0. The molecule has 0 saturated carbocycles. The molecule has 0 bridgehead atoms. The van der Waals surface area contributed by atoms with Crippen molar-refractivity contribution in [2.24, 2.45) is 13.0 Å². The van der Waals surface area contributed by atoms with Crippen LogP contribution in [-0.2, 0) is 16.6 Å². The van der Waals surface area contributed by atoms with E-state index in [1.54, 1.807) is 4.68 Å². The summed E-state index contributed by atoms with van der Waals surface area (Å²) < 4.78 is 6.82. The van der Waals surface area contributed by atoms with Gasteiger partial charge in [-0.3, -0.25) is 9.48 Å². The number of nitrogens with zero attached hydrogens (tertiary/aromatic N) is 3. The standard InChI is InChI=1S/C13H23N3O2/c1-7-18-13(17)10(8(2)3)12-14-11(9(4)5)15-16(12)6/h8-10H,7H2,1-6H3. The van der Waals surface area contributed by atoms with Gasteiger partial charge in [0.15, 0.2) is 5.82 Å².